The lowest BCUT2D eigenvalue weighted by Crippen LogP contribution is -1.95. The van der Waals surface area contributed by atoms with Gasteiger partial charge in [0.25, 0.3) is 0 Å². The first-order valence-electron chi connectivity index (χ1n) is 6.83. The SMILES string of the molecule is Cc1ccccc1-c1onc(-c2cc(F)c(F)c(F)c2)c1CO. The molecule has 1 aromatic heterocycles. The summed E-state index contributed by atoms with van der Waals surface area (Å²) < 4.78 is 45.2. The highest BCUT2D eigenvalue weighted by Gasteiger charge is 2.21. The number of hydrogen-bond donors (Lipinski definition) is 1. The van der Waals surface area contributed by atoms with Crippen LogP contribution in [0.25, 0.3) is 22.6 Å². The molecule has 6 heteroatoms. The second kappa shape index (κ2) is 5.89. The van der Waals surface area contributed by atoms with Crippen molar-refractivity contribution in [2.24, 2.45) is 0 Å². The van der Waals surface area contributed by atoms with Crippen LogP contribution in [0.4, 0.5) is 13.2 Å². The molecule has 0 saturated carbocycles. The summed E-state index contributed by atoms with van der Waals surface area (Å²) in [6.45, 7) is 1.42. The molecule has 1 N–H and O–H groups in total. The van der Waals surface area contributed by atoms with Gasteiger partial charge >= 0.3 is 0 Å². The van der Waals surface area contributed by atoms with Crippen LogP contribution in [0.2, 0.25) is 0 Å². The highest BCUT2D eigenvalue weighted by atomic mass is 19.2. The van der Waals surface area contributed by atoms with Crippen molar-refractivity contribution in [1.82, 2.24) is 5.16 Å². The Bertz CT molecular complexity index is 851. The van der Waals surface area contributed by atoms with E-state index in [1.54, 1.807) is 12.1 Å². The topological polar surface area (TPSA) is 46.3 Å². The smallest absolute Gasteiger partial charge is 0.194 e. The minimum absolute atomic E-state index is 0.00552. The lowest BCUT2D eigenvalue weighted by atomic mass is 10.00. The van der Waals surface area contributed by atoms with Crippen molar-refractivity contribution in [3.05, 3.63) is 65.0 Å². The number of aromatic nitrogens is 1. The average Bonchev–Trinajstić information content (AvgIpc) is 2.96. The fourth-order valence-electron chi connectivity index (χ4n) is 2.41. The molecule has 0 atom stereocenters. The monoisotopic (exact) mass is 319 g/mol. The zero-order valence-corrected chi connectivity index (χ0v) is 12.1. The normalized spacial score (nSPS) is 11.0. The molecule has 3 nitrogen and oxygen atoms in total. The highest BCUT2D eigenvalue weighted by molar-refractivity contribution is 5.74. The second-order valence-electron chi connectivity index (χ2n) is 5.07. The predicted molar refractivity (Wildman–Crippen MR) is 77.9 cm³/mol. The molecule has 0 unspecified atom stereocenters. The summed E-state index contributed by atoms with van der Waals surface area (Å²) in [5, 5.41) is 13.4. The first kappa shape index (κ1) is 15.3. The van der Waals surface area contributed by atoms with Crippen LogP contribution in [0.15, 0.2) is 40.9 Å². The third-order valence-corrected chi connectivity index (χ3v) is 3.59. The van der Waals surface area contributed by atoms with Crippen LogP contribution in [0.5, 0.6) is 0 Å². The number of aliphatic hydroxyl groups excluding tert-OH is 1. The first-order valence-corrected chi connectivity index (χ1v) is 6.83. The molecule has 0 bridgehead atoms. The van der Waals surface area contributed by atoms with Gasteiger partial charge in [0.15, 0.2) is 23.2 Å². The lowest BCUT2D eigenvalue weighted by Gasteiger charge is -2.05. The zero-order valence-electron chi connectivity index (χ0n) is 12.1. The van der Waals surface area contributed by atoms with Crippen molar-refractivity contribution in [3.8, 4) is 22.6 Å². The van der Waals surface area contributed by atoms with E-state index in [4.69, 9.17) is 4.52 Å². The highest BCUT2D eigenvalue weighted by Crippen LogP contribution is 2.34. The molecule has 0 aliphatic heterocycles. The standard InChI is InChI=1S/C17H12F3NO2/c1-9-4-2-3-5-11(9)17-12(8-22)16(21-23-17)10-6-13(18)15(20)14(19)7-10/h2-7,22H,8H2,1H3. The third kappa shape index (κ3) is 2.61. The fourth-order valence-corrected chi connectivity index (χ4v) is 2.41. The third-order valence-electron chi connectivity index (χ3n) is 3.59. The summed E-state index contributed by atoms with van der Waals surface area (Å²) in [4.78, 5) is 0. The second-order valence-corrected chi connectivity index (χ2v) is 5.07. The van der Waals surface area contributed by atoms with Crippen LogP contribution in [-0.2, 0) is 6.61 Å². The van der Waals surface area contributed by atoms with Crippen LogP contribution in [0.1, 0.15) is 11.1 Å². The van der Waals surface area contributed by atoms with Gasteiger partial charge < -0.3 is 9.63 Å². The van der Waals surface area contributed by atoms with Crippen LogP contribution in [0.3, 0.4) is 0 Å². The molecular weight excluding hydrogens is 307 g/mol. The summed E-state index contributed by atoms with van der Waals surface area (Å²) in [5.74, 6) is -3.90. The zero-order chi connectivity index (χ0) is 16.6. The van der Waals surface area contributed by atoms with Gasteiger partial charge in [-0.3, -0.25) is 0 Å². The maximum absolute atomic E-state index is 13.4. The minimum atomic E-state index is -1.55. The average molecular weight is 319 g/mol. The van der Waals surface area contributed by atoms with Crippen molar-refractivity contribution >= 4 is 0 Å². The first-order chi connectivity index (χ1) is 11.0. The largest absolute Gasteiger partial charge is 0.391 e. The van der Waals surface area contributed by atoms with Crippen LogP contribution >= 0.6 is 0 Å². The Morgan fingerprint density at radius 2 is 1.74 bits per heavy atom. The number of halogens is 3. The Balaban J connectivity index is 2.18. The molecule has 0 amide bonds. The van der Waals surface area contributed by atoms with E-state index in [1.807, 2.05) is 19.1 Å². The molecule has 0 fully saturated rings. The van der Waals surface area contributed by atoms with Gasteiger partial charge in [-0.15, -0.1) is 0 Å². The molecule has 118 valence electrons. The number of aryl methyl sites for hydroxylation is 1. The number of benzene rings is 2. The predicted octanol–water partition coefficient (Wildman–Crippen LogP) is 4.23. The van der Waals surface area contributed by atoms with E-state index in [0.717, 1.165) is 17.7 Å². The van der Waals surface area contributed by atoms with Crippen molar-refractivity contribution in [3.63, 3.8) is 0 Å². The van der Waals surface area contributed by atoms with E-state index in [0.29, 0.717) is 11.3 Å². The van der Waals surface area contributed by atoms with Gasteiger partial charge in [0, 0.05) is 11.1 Å². The van der Waals surface area contributed by atoms with Crippen molar-refractivity contribution in [2.75, 3.05) is 0 Å². The van der Waals surface area contributed by atoms with E-state index in [-0.39, 0.29) is 16.8 Å². The number of aliphatic hydroxyl groups is 1. The lowest BCUT2D eigenvalue weighted by molar-refractivity contribution is 0.281. The van der Waals surface area contributed by atoms with Gasteiger partial charge in [-0.2, -0.15) is 0 Å². The van der Waals surface area contributed by atoms with E-state index in [1.165, 1.54) is 0 Å². The summed E-state index contributed by atoms with van der Waals surface area (Å²) >= 11 is 0. The summed E-state index contributed by atoms with van der Waals surface area (Å²) in [5.41, 5.74) is 1.95. The van der Waals surface area contributed by atoms with Crippen LogP contribution < -0.4 is 0 Å². The molecule has 0 aliphatic carbocycles. The Morgan fingerprint density at radius 1 is 1.09 bits per heavy atom. The molecule has 0 saturated heterocycles. The van der Waals surface area contributed by atoms with Gasteiger partial charge in [-0.25, -0.2) is 13.2 Å². The molecule has 23 heavy (non-hydrogen) atoms. The van der Waals surface area contributed by atoms with E-state index < -0.39 is 24.1 Å². The summed E-state index contributed by atoms with van der Waals surface area (Å²) in [6, 6.07) is 8.91. The summed E-state index contributed by atoms with van der Waals surface area (Å²) in [7, 11) is 0. The number of rotatable bonds is 3. The quantitative estimate of drug-likeness (QED) is 0.735. The molecule has 2 aromatic carbocycles. The van der Waals surface area contributed by atoms with E-state index >= 15 is 0 Å². The molecule has 0 radical (unpaired) electrons. The van der Waals surface area contributed by atoms with E-state index in [9.17, 15) is 18.3 Å². The molecule has 0 aliphatic rings. The van der Waals surface area contributed by atoms with E-state index in [2.05, 4.69) is 5.16 Å². The van der Waals surface area contributed by atoms with Gasteiger partial charge in [0.05, 0.1) is 12.2 Å². The molecule has 3 aromatic rings. The molecular formula is C17H12F3NO2. The minimum Gasteiger partial charge on any atom is -0.391 e. The Labute approximate surface area is 130 Å². The van der Waals surface area contributed by atoms with Gasteiger partial charge in [-0.1, -0.05) is 29.4 Å². The van der Waals surface area contributed by atoms with Gasteiger partial charge in [-0.05, 0) is 24.6 Å². The van der Waals surface area contributed by atoms with Crippen molar-refractivity contribution in [2.45, 2.75) is 13.5 Å². The maximum atomic E-state index is 13.4. The number of nitrogens with zero attached hydrogens (tertiary/aromatic N) is 1. The van der Waals surface area contributed by atoms with Crippen molar-refractivity contribution in [1.29, 1.82) is 0 Å². The maximum Gasteiger partial charge on any atom is 0.194 e. The Morgan fingerprint density at radius 3 is 2.35 bits per heavy atom. The van der Waals surface area contributed by atoms with Gasteiger partial charge in [0.1, 0.15) is 5.69 Å². The fraction of sp³-hybridized carbons (Fsp3) is 0.118. The molecule has 3 rings (SSSR count). The van der Waals surface area contributed by atoms with Gasteiger partial charge in [0.2, 0.25) is 0 Å². The Kier molecular flexibility index (Phi) is 3.92. The Hall–Kier alpha value is -2.60. The molecule has 0 spiro atoms. The van der Waals surface area contributed by atoms with Crippen LogP contribution in [-0.4, -0.2) is 10.3 Å². The molecule has 1 heterocycles. The van der Waals surface area contributed by atoms with Crippen LogP contribution in [0, 0.1) is 24.4 Å². The van der Waals surface area contributed by atoms with Crippen molar-refractivity contribution < 1.29 is 22.8 Å². The number of hydrogen-bond acceptors (Lipinski definition) is 3. The summed E-state index contributed by atoms with van der Waals surface area (Å²) in [6.07, 6.45) is 0.